The first-order valence-electron chi connectivity index (χ1n) is 9.92. The number of hydrogen-bond acceptors (Lipinski definition) is 3. The average molecular weight is 425 g/mol. The number of halogens is 3. The number of benzene rings is 3. The summed E-state index contributed by atoms with van der Waals surface area (Å²) < 4.78 is 38.2. The van der Waals surface area contributed by atoms with Crippen LogP contribution in [-0.2, 0) is 19.0 Å². The van der Waals surface area contributed by atoms with Crippen molar-refractivity contribution in [1.82, 2.24) is 0 Å². The van der Waals surface area contributed by atoms with E-state index in [2.05, 4.69) is 22.5 Å². The molecule has 3 rings (SSSR count). The minimum absolute atomic E-state index is 0.117. The molecule has 0 spiro atoms. The van der Waals surface area contributed by atoms with Crippen LogP contribution in [0.15, 0.2) is 77.0 Å². The van der Waals surface area contributed by atoms with Crippen LogP contribution in [0.1, 0.15) is 40.9 Å². The number of carbonyl (C=O) groups excluding carboxylic acids is 1. The van der Waals surface area contributed by atoms with E-state index in [4.69, 9.17) is 0 Å². The molecule has 0 aliphatic heterocycles. The molecule has 0 aliphatic carbocycles. The summed E-state index contributed by atoms with van der Waals surface area (Å²) in [5.74, 6) is -0.526. The lowest BCUT2D eigenvalue weighted by Crippen LogP contribution is -2.13. The van der Waals surface area contributed by atoms with Crippen LogP contribution in [0.25, 0.3) is 0 Å². The van der Waals surface area contributed by atoms with Crippen molar-refractivity contribution in [1.29, 1.82) is 0 Å². The van der Waals surface area contributed by atoms with Crippen LogP contribution in [0, 0.1) is 0 Å². The van der Waals surface area contributed by atoms with Crippen LogP contribution in [0.5, 0.6) is 0 Å². The number of alkyl halides is 3. The van der Waals surface area contributed by atoms with E-state index in [0.29, 0.717) is 17.1 Å². The van der Waals surface area contributed by atoms with Crippen LogP contribution in [0.2, 0.25) is 0 Å². The molecule has 0 fully saturated rings. The predicted molar refractivity (Wildman–Crippen MR) is 115 cm³/mol. The van der Waals surface area contributed by atoms with Gasteiger partial charge in [-0.15, -0.1) is 5.11 Å². The number of amides is 1. The monoisotopic (exact) mass is 425 g/mol. The summed E-state index contributed by atoms with van der Waals surface area (Å²) in [6.07, 6.45) is -2.79. The van der Waals surface area contributed by atoms with Crippen molar-refractivity contribution in [2.45, 2.75) is 32.9 Å². The van der Waals surface area contributed by atoms with Gasteiger partial charge in [0.2, 0.25) is 0 Å². The fourth-order valence-corrected chi connectivity index (χ4v) is 2.94. The standard InChI is InChI=1S/C24H22F3N3O/c1-3-16-6-5-7-20(14-16)29-30-22-15-17(4-2)8-13-21(22)28-23(31)18-9-11-19(12-10-18)24(25,26)27/h5-15H,3-4H2,1-2H3,(H,28,31). The van der Waals surface area contributed by atoms with E-state index in [1.807, 2.05) is 43.3 Å². The molecule has 1 N–H and O–H groups in total. The van der Waals surface area contributed by atoms with E-state index in [1.165, 1.54) is 0 Å². The Balaban J connectivity index is 1.85. The Hall–Kier alpha value is -3.48. The first-order chi connectivity index (χ1) is 14.8. The molecule has 160 valence electrons. The summed E-state index contributed by atoms with van der Waals surface area (Å²) in [6.45, 7) is 4.05. The molecule has 4 nitrogen and oxygen atoms in total. The third kappa shape index (κ3) is 5.78. The number of nitrogens with zero attached hydrogens (tertiary/aromatic N) is 2. The normalized spacial score (nSPS) is 11.6. The molecule has 0 aliphatic rings. The van der Waals surface area contributed by atoms with Gasteiger partial charge in [-0.2, -0.15) is 18.3 Å². The van der Waals surface area contributed by atoms with Crippen molar-refractivity contribution in [3.63, 3.8) is 0 Å². The minimum Gasteiger partial charge on any atom is -0.320 e. The topological polar surface area (TPSA) is 53.8 Å². The Kier molecular flexibility index (Phi) is 6.84. The van der Waals surface area contributed by atoms with Gasteiger partial charge < -0.3 is 5.32 Å². The fourth-order valence-electron chi connectivity index (χ4n) is 2.94. The summed E-state index contributed by atoms with van der Waals surface area (Å²) in [6, 6.07) is 17.2. The number of hydrogen-bond donors (Lipinski definition) is 1. The third-order valence-electron chi connectivity index (χ3n) is 4.79. The second-order valence-corrected chi connectivity index (χ2v) is 6.96. The van der Waals surface area contributed by atoms with Crippen molar-refractivity contribution in [3.8, 4) is 0 Å². The van der Waals surface area contributed by atoms with Gasteiger partial charge in [-0.1, -0.05) is 32.0 Å². The molecule has 0 bridgehead atoms. The number of azo groups is 1. The Bertz CT molecular complexity index is 1090. The molecule has 0 radical (unpaired) electrons. The van der Waals surface area contributed by atoms with Crippen molar-refractivity contribution in [2.24, 2.45) is 10.2 Å². The van der Waals surface area contributed by atoms with Crippen molar-refractivity contribution in [3.05, 3.63) is 89.0 Å². The zero-order valence-electron chi connectivity index (χ0n) is 17.2. The van der Waals surface area contributed by atoms with Gasteiger partial charge in [0.05, 0.1) is 16.9 Å². The van der Waals surface area contributed by atoms with Crippen LogP contribution >= 0.6 is 0 Å². The highest BCUT2D eigenvalue weighted by molar-refractivity contribution is 6.05. The third-order valence-corrected chi connectivity index (χ3v) is 4.79. The summed E-state index contributed by atoms with van der Waals surface area (Å²) >= 11 is 0. The second kappa shape index (κ2) is 9.55. The Morgan fingerprint density at radius 3 is 2.19 bits per heavy atom. The van der Waals surface area contributed by atoms with Gasteiger partial charge in [0.1, 0.15) is 5.69 Å². The van der Waals surface area contributed by atoms with Gasteiger partial charge in [0, 0.05) is 5.56 Å². The lowest BCUT2D eigenvalue weighted by molar-refractivity contribution is -0.137. The predicted octanol–water partition coefficient (Wildman–Crippen LogP) is 7.50. The maximum absolute atomic E-state index is 12.7. The maximum atomic E-state index is 12.7. The minimum atomic E-state index is -4.45. The lowest BCUT2D eigenvalue weighted by Gasteiger charge is -2.11. The van der Waals surface area contributed by atoms with E-state index in [0.717, 1.165) is 48.2 Å². The van der Waals surface area contributed by atoms with Gasteiger partial charge in [0.25, 0.3) is 5.91 Å². The van der Waals surface area contributed by atoms with E-state index >= 15 is 0 Å². The van der Waals surface area contributed by atoms with Crippen molar-refractivity contribution >= 4 is 23.0 Å². The second-order valence-electron chi connectivity index (χ2n) is 6.96. The Morgan fingerprint density at radius 2 is 1.55 bits per heavy atom. The number of rotatable bonds is 6. The van der Waals surface area contributed by atoms with Crippen LogP contribution in [-0.4, -0.2) is 5.91 Å². The molecular formula is C24H22F3N3O. The number of aryl methyl sites for hydroxylation is 2. The fraction of sp³-hybridized carbons (Fsp3) is 0.208. The van der Waals surface area contributed by atoms with E-state index in [1.54, 1.807) is 6.07 Å². The molecule has 0 saturated heterocycles. The largest absolute Gasteiger partial charge is 0.416 e. The number of anilines is 1. The molecule has 0 aromatic heterocycles. The molecule has 3 aromatic carbocycles. The highest BCUT2D eigenvalue weighted by Gasteiger charge is 2.30. The molecule has 0 saturated carbocycles. The van der Waals surface area contributed by atoms with Crippen LogP contribution < -0.4 is 5.32 Å². The quantitative estimate of drug-likeness (QED) is 0.409. The van der Waals surface area contributed by atoms with Crippen molar-refractivity contribution < 1.29 is 18.0 Å². The van der Waals surface area contributed by atoms with Crippen LogP contribution in [0.4, 0.5) is 30.2 Å². The van der Waals surface area contributed by atoms with E-state index in [9.17, 15) is 18.0 Å². The molecule has 31 heavy (non-hydrogen) atoms. The number of nitrogens with one attached hydrogen (secondary N) is 1. The van der Waals surface area contributed by atoms with Gasteiger partial charge in [-0.25, -0.2) is 0 Å². The molecule has 3 aromatic rings. The summed E-state index contributed by atoms with van der Waals surface area (Å²) in [5.41, 5.74) is 3.06. The van der Waals surface area contributed by atoms with Gasteiger partial charge >= 0.3 is 6.18 Å². The Morgan fingerprint density at radius 1 is 0.871 bits per heavy atom. The van der Waals surface area contributed by atoms with E-state index in [-0.39, 0.29) is 5.56 Å². The van der Waals surface area contributed by atoms with Gasteiger partial charge in [-0.3, -0.25) is 4.79 Å². The molecule has 1 amide bonds. The highest BCUT2D eigenvalue weighted by atomic mass is 19.4. The van der Waals surface area contributed by atoms with E-state index < -0.39 is 17.6 Å². The Labute approximate surface area is 178 Å². The first-order valence-corrected chi connectivity index (χ1v) is 9.92. The first kappa shape index (κ1) is 22.2. The highest BCUT2D eigenvalue weighted by Crippen LogP contribution is 2.31. The molecular weight excluding hydrogens is 403 g/mol. The van der Waals surface area contributed by atoms with Crippen LogP contribution in [0.3, 0.4) is 0 Å². The van der Waals surface area contributed by atoms with Gasteiger partial charge in [-0.05, 0) is 72.5 Å². The SMILES string of the molecule is CCc1cccc(N=Nc2cc(CC)ccc2NC(=O)c2ccc(C(F)(F)F)cc2)c1. The number of carbonyl (C=O) groups is 1. The average Bonchev–Trinajstić information content (AvgIpc) is 2.78. The molecule has 0 atom stereocenters. The zero-order chi connectivity index (χ0) is 22.4. The molecule has 7 heteroatoms. The summed E-state index contributed by atoms with van der Waals surface area (Å²) in [5, 5.41) is 11.3. The maximum Gasteiger partial charge on any atom is 0.416 e. The van der Waals surface area contributed by atoms with Crippen molar-refractivity contribution in [2.75, 3.05) is 5.32 Å². The van der Waals surface area contributed by atoms with Gasteiger partial charge in [0.15, 0.2) is 0 Å². The zero-order valence-corrected chi connectivity index (χ0v) is 17.2. The smallest absolute Gasteiger partial charge is 0.320 e. The summed E-state index contributed by atoms with van der Waals surface area (Å²) in [7, 11) is 0. The summed E-state index contributed by atoms with van der Waals surface area (Å²) in [4.78, 5) is 12.6. The molecule has 0 unspecified atom stereocenters. The lowest BCUT2D eigenvalue weighted by atomic mass is 10.1. The molecule has 0 heterocycles.